The van der Waals surface area contributed by atoms with Crippen molar-refractivity contribution in [2.45, 2.75) is 18.5 Å². The topological polar surface area (TPSA) is 37.3 Å². The molecule has 1 N–H and O–H groups in total. The highest BCUT2D eigenvalue weighted by molar-refractivity contribution is 5.87. The van der Waals surface area contributed by atoms with Crippen molar-refractivity contribution in [2.24, 2.45) is 0 Å². The van der Waals surface area contributed by atoms with Gasteiger partial charge in [0.15, 0.2) is 0 Å². The van der Waals surface area contributed by atoms with Crippen molar-refractivity contribution in [1.29, 1.82) is 0 Å². The van der Waals surface area contributed by atoms with Crippen LogP contribution in [0.25, 0.3) is 0 Å². The molecule has 1 unspecified atom stereocenters. The first kappa shape index (κ1) is 11.6. The fraction of sp³-hybridized carbons (Fsp3) is 0.214. The Morgan fingerprint density at radius 2 is 2.06 bits per heavy atom. The first-order valence-electron chi connectivity index (χ1n) is 5.44. The summed E-state index contributed by atoms with van der Waals surface area (Å²) in [5.74, 6) is -1.05. The molecule has 0 heterocycles. The van der Waals surface area contributed by atoms with Crippen LogP contribution < -0.4 is 0 Å². The lowest BCUT2D eigenvalue weighted by Crippen LogP contribution is -2.27. The maximum absolute atomic E-state index is 14.5. The predicted molar refractivity (Wildman–Crippen MR) is 63.5 cm³/mol. The minimum atomic E-state index is -1.59. The van der Waals surface area contributed by atoms with Crippen molar-refractivity contribution in [3.05, 3.63) is 59.7 Å². The Morgan fingerprint density at radius 3 is 2.71 bits per heavy atom. The number of allylic oxidation sites excluding steroid dienone is 3. The molecule has 0 bridgehead atoms. The second kappa shape index (κ2) is 4.53. The van der Waals surface area contributed by atoms with Crippen molar-refractivity contribution in [3.8, 4) is 0 Å². The van der Waals surface area contributed by atoms with Gasteiger partial charge < -0.3 is 5.11 Å². The summed E-state index contributed by atoms with van der Waals surface area (Å²) in [4.78, 5) is 10.8. The summed E-state index contributed by atoms with van der Waals surface area (Å²) in [6, 6.07) is 9.24. The molecule has 3 heteroatoms. The Labute approximate surface area is 99.1 Å². The number of aliphatic carboxylic acids is 1. The first-order valence-corrected chi connectivity index (χ1v) is 5.44. The molecule has 0 spiro atoms. The summed E-state index contributed by atoms with van der Waals surface area (Å²) in [5.41, 5.74) is -0.610. The molecule has 0 saturated heterocycles. The van der Waals surface area contributed by atoms with Gasteiger partial charge in [-0.3, -0.25) is 0 Å². The third kappa shape index (κ3) is 2.81. The van der Waals surface area contributed by atoms with Gasteiger partial charge in [0.2, 0.25) is 0 Å². The van der Waals surface area contributed by atoms with E-state index in [9.17, 15) is 9.18 Å². The van der Waals surface area contributed by atoms with Crippen molar-refractivity contribution in [2.75, 3.05) is 0 Å². The molecule has 2 nitrogen and oxygen atoms in total. The molecule has 0 aromatic heterocycles. The third-order valence-corrected chi connectivity index (χ3v) is 2.79. The number of rotatable bonds is 3. The van der Waals surface area contributed by atoms with Crippen LogP contribution in [-0.4, -0.2) is 16.7 Å². The Hall–Kier alpha value is -1.90. The van der Waals surface area contributed by atoms with Gasteiger partial charge in [-0.15, -0.1) is 0 Å². The van der Waals surface area contributed by atoms with E-state index in [4.69, 9.17) is 5.11 Å². The number of hydrogen-bond acceptors (Lipinski definition) is 1. The molecule has 88 valence electrons. The second-order valence-corrected chi connectivity index (χ2v) is 4.23. The van der Waals surface area contributed by atoms with Gasteiger partial charge in [0.1, 0.15) is 5.67 Å². The van der Waals surface area contributed by atoms with Crippen LogP contribution in [-0.2, 0) is 11.2 Å². The fourth-order valence-electron chi connectivity index (χ4n) is 1.97. The van der Waals surface area contributed by atoms with Crippen LogP contribution >= 0.6 is 0 Å². The minimum absolute atomic E-state index is 0.0757. The molecular formula is C14H13FO2. The monoisotopic (exact) mass is 232 g/mol. The molecule has 1 atom stereocenters. The summed E-state index contributed by atoms with van der Waals surface area (Å²) in [6.45, 7) is 0. The van der Waals surface area contributed by atoms with Gasteiger partial charge in [-0.1, -0.05) is 42.5 Å². The average molecular weight is 232 g/mol. The Bertz CT molecular complexity index is 476. The smallest absolute Gasteiger partial charge is 0.331 e. The fourth-order valence-corrected chi connectivity index (χ4v) is 1.97. The van der Waals surface area contributed by atoms with E-state index in [0.717, 1.165) is 5.56 Å². The number of carboxylic acid groups (broad SMARTS) is 1. The molecule has 1 aliphatic carbocycles. The van der Waals surface area contributed by atoms with Gasteiger partial charge >= 0.3 is 5.97 Å². The number of hydrogen-bond donors (Lipinski definition) is 1. The molecule has 0 radical (unpaired) electrons. The largest absolute Gasteiger partial charge is 0.478 e. The van der Waals surface area contributed by atoms with Crippen LogP contribution in [0.2, 0.25) is 0 Å². The zero-order valence-electron chi connectivity index (χ0n) is 9.27. The van der Waals surface area contributed by atoms with Crippen LogP contribution in [0.5, 0.6) is 0 Å². The highest BCUT2D eigenvalue weighted by Gasteiger charge is 2.31. The summed E-state index contributed by atoms with van der Waals surface area (Å²) in [7, 11) is 0. The maximum atomic E-state index is 14.5. The average Bonchev–Trinajstić information content (AvgIpc) is 2.29. The highest BCUT2D eigenvalue weighted by atomic mass is 19.1. The zero-order chi connectivity index (χ0) is 12.3. The summed E-state index contributed by atoms with van der Waals surface area (Å²) in [6.07, 6.45) is 4.50. The van der Waals surface area contributed by atoms with Crippen LogP contribution in [0.4, 0.5) is 4.39 Å². The normalized spacial score (nSPS) is 23.2. The van der Waals surface area contributed by atoms with Crippen molar-refractivity contribution in [1.82, 2.24) is 0 Å². The Balaban J connectivity index is 2.14. The number of alkyl halides is 1. The summed E-state index contributed by atoms with van der Waals surface area (Å²) < 4.78 is 14.5. The Morgan fingerprint density at radius 1 is 1.35 bits per heavy atom. The predicted octanol–water partition coefficient (Wildman–Crippen LogP) is 2.91. The van der Waals surface area contributed by atoms with Gasteiger partial charge in [-0.2, -0.15) is 0 Å². The summed E-state index contributed by atoms with van der Waals surface area (Å²) in [5, 5.41) is 8.87. The van der Waals surface area contributed by atoms with Crippen LogP contribution in [0.3, 0.4) is 0 Å². The molecule has 17 heavy (non-hydrogen) atoms. The van der Waals surface area contributed by atoms with Gasteiger partial charge in [0.25, 0.3) is 0 Å². The van der Waals surface area contributed by atoms with Crippen molar-refractivity contribution < 1.29 is 14.3 Å². The van der Waals surface area contributed by atoms with Crippen LogP contribution in [0.1, 0.15) is 12.0 Å². The molecule has 1 aromatic rings. The standard InChI is InChI=1S/C14H13FO2/c15-14(9-11-5-2-1-3-6-11)8-4-7-12(10-14)13(16)17/h1-8H,9-10H2,(H,16,17). The first-order chi connectivity index (χ1) is 8.09. The zero-order valence-corrected chi connectivity index (χ0v) is 9.27. The molecule has 0 saturated carbocycles. The Kier molecular flexibility index (Phi) is 3.09. The molecule has 0 fully saturated rings. The molecule has 0 amide bonds. The molecular weight excluding hydrogens is 219 g/mol. The number of carboxylic acids is 1. The van der Waals surface area contributed by atoms with Crippen LogP contribution in [0.15, 0.2) is 54.1 Å². The second-order valence-electron chi connectivity index (χ2n) is 4.23. The molecule has 1 aliphatic rings. The van der Waals surface area contributed by atoms with E-state index < -0.39 is 11.6 Å². The highest BCUT2D eigenvalue weighted by Crippen LogP contribution is 2.30. The van der Waals surface area contributed by atoms with E-state index in [1.807, 2.05) is 30.3 Å². The van der Waals surface area contributed by atoms with Gasteiger partial charge in [-0.25, -0.2) is 9.18 Å². The SMILES string of the molecule is O=C(O)C1=CC=CC(F)(Cc2ccccc2)C1. The quantitative estimate of drug-likeness (QED) is 0.870. The van der Waals surface area contributed by atoms with E-state index in [0.29, 0.717) is 0 Å². The maximum Gasteiger partial charge on any atom is 0.331 e. The number of benzene rings is 1. The van der Waals surface area contributed by atoms with E-state index in [-0.39, 0.29) is 18.4 Å². The van der Waals surface area contributed by atoms with Crippen molar-refractivity contribution >= 4 is 5.97 Å². The number of carbonyl (C=O) groups is 1. The van der Waals surface area contributed by atoms with E-state index >= 15 is 0 Å². The van der Waals surface area contributed by atoms with Crippen molar-refractivity contribution in [3.63, 3.8) is 0 Å². The van der Waals surface area contributed by atoms with Gasteiger partial charge in [0, 0.05) is 18.4 Å². The number of halogens is 1. The van der Waals surface area contributed by atoms with Crippen LogP contribution in [0, 0.1) is 0 Å². The van der Waals surface area contributed by atoms with E-state index in [2.05, 4.69) is 0 Å². The third-order valence-electron chi connectivity index (χ3n) is 2.79. The molecule has 1 aromatic carbocycles. The lowest BCUT2D eigenvalue weighted by atomic mass is 9.86. The molecule has 0 aliphatic heterocycles. The minimum Gasteiger partial charge on any atom is -0.478 e. The molecule has 2 rings (SSSR count). The van der Waals surface area contributed by atoms with E-state index in [1.165, 1.54) is 18.2 Å². The lowest BCUT2D eigenvalue weighted by molar-refractivity contribution is -0.133. The summed E-state index contributed by atoms with van der Waals surface area (Å²) >= 11 is 0. The van der Waals surface area contributed by atoms with E-state index in [1.54, 1.807) is 0 Å². The van der Waals surface area contributed by atoms with Gasteiger partial charge in [0.05, 0.1) is 0 Å². The van der Waals surface area contributed by atoms with Gasteiger partial charge in [-0.05, 0) is 11.6 Å². The lowest BCUT2D eigenvalue weighted by Gasteiger charge is -2.24.